The molecule has 0 spiro atoms. The highest BCUT2D eigenvalue weighted by molar-refractivity contribution is 6.31. The van der Waals surface area contributed by atoms with E-state index in [0.717, 1.165) is 5.56 Å². The lowest BCUT2D eigenvalue weighted by Crippen LogP contribution is -2.19. The summed E-state index contributed by atoms with van der Waals surface area (Å²) >= 11 is 6.04. The maximum absolute atomic E-state index is 10.9. The van der Waals surface area contributed by atoms with E-state index in [-0.39, 0.29) is 0 Å². The molecule has 0 aliphatic heterocycles. The first-order valence-electron chi connectivity index (χ1n) is 5.32. The van der Waals surface area contributed by atoms with Gasteiger partial charge in [0.05, 0.1) is 0 Å². The summed E-state index contributed by atoms with van der Waals surface area (Å²) in [6, 6.07) is 6.50. The van der Waals surface area contributed by atoms with Crippen LogP contribution in [0.25, 0.3) is 0 Å². The van der Waals surface area contributed by atoms with Crippen molar-refractivity contribution in [1.82, 2.24) is 20.2 Å². The van der Waals surface area contributed by atoms with Crippen LogP contribution in [0.3, 0.4) is 0 Å². The first-order valence-corrected chi connectivity index (χ1v) is 5.70. The minimum atomic E-state index is -0.984. The maximum atomic E-state index is 10.9. The van der Waals surface area contributed by atoms with Crippen molar-refractivity contribution in [2.24, 2.45) is 0 Å². The number of hydrogen-bond acceptors (Lipinski definition) is 4. The lowest BCUT2D eigenvalue weighted by molar-refractivity contribution is -0.140. The molecule has 1 atom stereocenters. The topological polar surface area (TPSA) is 80.9 Å². The first-order chi connectivity index (χ1) is 8.59. The minimum Gasteiger partial charge on any atom is -0.480 e. The molecule has 0 amide bonds. The Labute approximate surface area is 108 Å². The fourth-order valence-corrected chi connectivity index (χ4v) is 1.75. The second-order valence-corrected chi connectivity index (χ2v) is 4.23. The quantitative estimate of drug-likeness (QED) is 0.908. The molecule has 2 aromatic rings. The molecule has 6 nitrogen and oxygen atoms in total. The van der Waals surface area contributed by atoms with Crippen molar-refractivity contribution in [3.05, 3.63) is 40.7 Å². The molecule has 0 aliphatic rings. The molecule has 1 N–H and O–H groups in total. The first kappa shape index (κ1) is 12.5. The summed E-state index contributed by atoms with van der Waals surface area (Å²) < 4.78 is 1.28. The Balaban J connectivity index is 2.28. The number of carbonyl (C=O) groups is 1. The Morgan fingerprint density at radius 1 is 1.50 bits per heavy atom. The van der Waals surface area contributed by atoms with Gasteiger partial charge in [0.25, 0.3) is 0 Å². The summed E-state index contributed by atoms with van der Waals surface area (Å²) in [6.45, 7) is 1.52. The van der Waals surface area contributed by atoms with Crippen LogP contribution in [0.2, 0.25) is 5.02 Å². The highest BCUT2D eigenvalue weighted by Gasteiger charge is 2.19. The molecule has 0 bridgehead atoms. The van der Waals surface area contributed by atoms with Gasteiger partial charge in [-0.05, 0) is 29.0 Å². The molecule has 18 heavy (non-hydrogen) atoms. The summed E-state index contributed by atoms with van der Waals surface area (Å²) in [6.07, 6.45) is 0.393. The van der Waals surface area contributed by atoms with Crippen molar-refractivity contribution < 1.29 is 9.90 Å². The van der Waals surface area contributed by atoms with E-state index in [1.807, 2.05) is 18.2 Å². The fraction of sp³-hybridized carbons (Fsp3) is 0.273. The number of benzene rings is 1. The van der Waals surface area contributed by atoms with Crippen molar-refractivity contribution >= 4 is 17.6 Å². The zero-order valence-corrected chi connectivity index (χ0v) is 10.4. The molecule has 0 saturated carbocycles. The zero-order chi connectivity index (χ0) is 13.1. The Kier molecular flexibility index (Phi) is 3.57. The molecule has 1 unspecified atom stereocenters. The number of hydrogen-bond donors (Lipinski definition) is 1. The Bertz CT molecular complexity index is 570. The fourth-order valence-electron chi connectivity index (χ4n) is 1.55. The standard InChI is InChI=1S/C11H11ClN4O2/c1-7(11(17)18)16-10(13-14-15-16)6-8-4-2-3-5-9(8)12/h2-5,7H,6H2,1H3,(H,17,18). The molecule has 2 rings (SSSR count). The van der Waals surface area contributed by atoms with Crippen LogP contribution in [0, 0.1) is 0 Å². The number of tetrazole rings is 1. The molecular formula is C11H11ClN4O2. The van der Waals surface area contributed by atoms with Crippen molar-refractivity contribution in [2.45, 2.75) is 19.4 Å². The maximum Gasteiger partial charge on any atom is 0.328 e. The highest BCUT2D eigenvalue weighted by atomic mass is 35.5. The molecule has 1 heterocycles. The van der Waals surface area contributed by atoms with Gasteiger partial charge in [-0.1, -0.05) is 29.8 Å². The van der Waals surface area contributed by atoms with Crippen LogP contribution >= 0.6 is 11.6 Å². The van der Waals surface area contributed by atoms with Crippen LogP contribution in [0.4, 0.5) is 0 Å². The van der Waals surface area contributed by atoms with E-state index in [1.165, 1.54) is 11.6 Å². The van der Waals surface area contributed by atoms with E-state index >= 15 is 0 Å². The van der Waals surface area contributed by atoms with E-state index < -0.39 is 12.0 Å². The summed E-state index contributed by atoms with van der Waals surface area (Å²) in [5.41, 5.74) is 0.854. The molecule has 7 heteroatoms. The lowest BCUT2D eigenvalue weighted by atomic mass is 10.1. The second-order valence-electron chi connectivity index (χ2n) is 3.82. The normalized spacial score (nSPS) is 12.3. The van der Waals surface area contributed by atoms with Gasteiger partial charge in [-0.25, -0.2) is 9.48 Å². The van der Waals surface area contributed by atoms with Crippen molar-refractivity contribution in [1.29, 1.82) is 0 Å². The van der Waals surface area contributed by atoms with Gasteiger partial charge in [-0.3, -0.25) is 0 Å². The predicted molar refractivity (Wildman–Crippen MR) is 64.4 cm³/mol. The smallest absolute Gasteiger partial charge is 0.328 e. The SMILES string of the molecule is CC(C(=O)O)n1nnnc1Cc1ccccc1Cl. The third-order valence-corrected chi connectivity index (χ3v) is 2.96. The summed E-state index contributed by atoms with van der Waals surface area (Å²) in [4.78, 5) is 10.9. The summed E-state index contributed by atoms with van der Waals surface area (Å²) in [5, 5.41) is 20.6. The zero-order valence-electron chi connectivity index (χ0n) is 9.62. The Morgan fingerprint density at radius 2 is 2.22 bits per heavy atom. The predicted octanol–water partition coefficient (Wildman–Crippen LogP) is 1.56. The van der Waals surface area contributed by atoms with Crippen LogP contribution in [0.1, 0.15) is 24.4 Å². The molecule has 1 aromatic carbocycles. The van der Waals surface area contributed by atoms with Gasteiger partial charge in [0.1, 0.15) is 6.04 Å². The van der Waals surface area contributed by atoms with Gasteiger partial charge < -0.3 is 5.11 Å². The number of carboxylic acids is 1. The Hall–Kier alpha value is -1.95. The van der Waals surface area contributed by atoms with Crippen LogP contribution in [-0.4, -0.2) is 31.3 Å². The molecule has 0 aliphatic carbocycles. The van der Waals surface area contributed by atoms with Crippen LogP contribution in [0.15, 0.2) is 24.3 Å². The van der Waals surface area contributed by atoms with E-state index in [9.17, 15) is 4.79 Å². The number of aliphatic carboxylic acids is 1. The van der Waals surface area contributed by atoms with E-state index in [2.05, 4.69) is 15.5 Å². The van der Waals surface area contributed by atoms with Gasteiger partial charge in [0, 0.05) is 11.4 Å². The highest BCUT2D eigenvalue weighted by Crippen LogP contribution is 2.18. The van der Waals surface area contributed by atoms with Crippen LogP contribution in [-0.2, 0) is 11.2 Å². The van der Waals surface area contributed by atoms with Crippen molar-refractivity contribution in [2.75, 3.05) is 0 Å². The lowest BCUT2D eigenvalue weighted by Gasteiger charge is -2.09. The number of rotatable bonds is 4. The van der Waals surface area contributed by atoms with Gasteiger partial charge >= 0.3 is 5.97 Å². The molecule has 0 radical (unpaired) electrons. The number of aromatic nitrogens is 4. The van der Waals surface area contributed by atoms with Crippen molar-refractivity contribution in [3.8, 4) is 0 Å². The summed E-state index contributed by atoms with van der Waals surface area (Å²) in [7, 11) is 0. The van der Waals surface area contributed by atoms with E-state index in [4.69, 9.17) is 16.7 Å². The van der Waals surface area contributed by atoms with Gasteiger partial charge in [-0.15, -0.1) is 5.10 Å². The van der Waals surface area contributed by atoms with Crippen LogP contribution in [0.5, 0.6) is 0 Å². The average molecular weight is 267 g/mol. The number of nitrogens with zero attached hydrogens (tertiary/aromatic N) is 4. The monoisotopic (exact) mass is 266 g/mol. The number of carboxylic acid groups (broad SMARTS) is 1. The average Bonchev–Trinajstić information content (AvgIpc) is 2.79. The molecule has 0 fully saturated rings. The molecule has 1 aromatic heterocycles. The summed E-state index contributed by atoms with van der Waals surface area (Å²) in [5.74, 6) is -0.513. The van der Waals surface area contributed by atoms with Crippen LogP contribution < -0.4 is 0 Å². The van der Waals surface area contributed by atoms with E-state index in [0.29, 0.717) is 17.3 Å². The van der Waals surface area contributed by atoms with Gasteiger partial charge in [0.2, 0.25) is 0 Å². The molecule has 94 valence electrons. The second kappa shape index (κ2) is 5.14. The molecular weight excluding hydrogens is 256 g/mol. The third kappa shape index (κ3) is 2.48. The van der Waals surface area contributed by atoms with E-state index in [1.54, 1.807) is 6.07 Å². The third-order valence-electron chi connectivity index (χ3n) is 2.59. The minimum absolute atomic E-state index is 0.393. The van der Waals surface area contributed by atoms with Gasteiger partial charge in [0.15, 0.2) is 5.82 Å². The number of halogens is 1. The largest absolute Gasteiger partial charge is 0.480 e. The van der Waals surface area contributed by atoms with Gasteiger partial charge in [-0.2, -0.15) is 0 Å². The van der Waals surface area contributed by atoms with Crippen molar-refractivity contribution in [3.63, 3.8) is 0 Å². The molecule has 0 saturated heterocycles. The Morgan fingerprint density at radius 3 is 2.89 bits per heavy atom.